The molecule has 0 aliphatic carbocycles. The van der Waals surface area contributed by atoms with Gasteiger partial charge in [-0.3, -0.25) is 0 Å². The van der Waals surface area contributed by atoms with Crippen LogP contribution in [-0.2, 0) is 0 Å². The molecular weight excluding hydrogens is 1170 g/mol. The molecule has 18 aromatic rings. The Morgan fingerprint density at radius 3 is 0.511 bits per heavy atom. The van der Waals surface area contributed by atoms with Gasteiger partial charge in [0.25, 0.3) is 0 Å². The molecule has 0 saturated carbocycles. The van der Waals surface area contributed by atoms with E-state index in [0.29, 0.717) is 0 Å². The predicted molar refractivity (Wildman–Crippen MR) is 418 cm³/mol. The summed E-state index contributed by atoms with van der Waals surface area (Å²) in [6.07, 6.45) is 0. The van der Waals surface area contributed by atoms with Crippen molar-refractivity contribution in [3.05, 3.63) is 204 Å². The number of rotatable bonds is 0. The van der Waals surface area contributed by atoms with Crippen molar-refractivity contribution in [1.82, 2.24) is 0 Å². The third kappa shape index (κ3) is 8.18. The van der Waals surface area contributed by atoms with Gasteiger partial charge < -0.3 is 0 Å². The molecule has 0 nitrogen and oxygen atoms in total. The minimum Gasteiger partial charge on any atom is -0.127 e. The standard InChI is InChI=1S/C88H66Si4/c1-89(2,3)39-35-55-67-43-75-59-23-13-19-51-31-32-52-20-14-24-60(84(52)83(51)59)76(75)44-68(67)56(36-40-90(4,5)6)72-48-80-64-28-18-30-66-82-50-74-58(38-42-92(10,11)12)70-46-78-62-26-16-22-54-34-33-53-21-15-25-61(85(53)86(54)62)77(78)45-69(70)57(37-41-91(7,8)9)73(74)49-81(82)65-29-17-27-63(87(65)88(64)66)79(80)47-71(55)72/h13-34,43-50H,1-12H3. The number of hydrogen-bond acceptors (Lipinski definition) is 0. The monoisotopic (exact) mass is 1230 g/mol. The van der Waals surface area contributed by atoms with Crippen LogP contribution in [0.3, 0.4) is 0 Å². The van der Waals surface area contributed by atoms with Gasteiger partial charge in [0.05, 0.1) is 0 Å². The molecule has 0 radical (unpaired) electrons. The quantitative estimate of drug-likeness (QED) is 0.0614. The summed E-state index contributed by atoms with van der Waals surface area (Å²) in [6, 6.07) is 70.8. The van der Waals surface area contributed by atoms with Gasteiger partial charge in [0.15, 0.2) is 0 Å². The largest absolute Gasteiger partial charge is 0.129 e. The van der Waals surface area contributed by atoms with Crippen LogP contribution in [0.2, 0.25) is 78.6 Å². The minimum atomic E-state index is -1.89. The van der Waals surface area contributed by atoms with Crippen molar-refractivity contribution < 1.29 is 0 Å². The lowest BCUT2D eigenvalue weighted by atomic mass is 9.82. The molecule has 0 atom stereocenters. The first kappa shape index (κ1) is 55.1. The maximum Gasteiger partial charge on any atom is 0.129 e. The molecule has 92 heavy (non-hydrogen) atoms. The highest BCUT2D eigenvalue weighted by molar-refractivity contribution is 6.85. The zero-order chi connectivity index (χ0) is 62.8. The van der Waals surface area contributed by atoms with Crippen LogP contribution >= 0.6 is 0 Å². The fraction of sp³-hybridized carbons (Fsp3) is 0.136. The molecule has 0 saturated heterocycles. The van der Waals surface area contributed by atoms with Crippen LogP contribution in [0.1, 0.15) is 22.3 Å². The molecule has 0 aliphatic rings. The van der Waals surface area contributed by atoms with E-state index < -0.39 is 32.3 Å². The Morgan fingerprint density at radius 2 is 0.337 bits per heavy atom. The smallest absolute Gasteiger partial charge is 0.127 e. The summed E-state index contributed by atoms with van der Waals surface area (Å²) in [5.41, 5.74) is 20.1. The third-order valence-corrected chi connectivity index (χ3v) is 23.0. The SMILES string of the molecule is C[Si](C)(C)C#Cc1c2cc3c(cc2c(C#C[Si](C)(C)C)c2cc4c(cc12)c1cccc2c5cc6c(C#C[Si](C)(C)C)c7cc8c(cc7c(C#C[Si](C)(C)C)c6cc5c5cccc4c5c12)c1cccc2ccc4cccc8c4c21)c1cccc2ccc4cccc3c4c21. The van der Waals surface area contributed by atoms with Crippen molar-refractivity contribution in [3.63, 3.8) is 0 Å². The summed E-state index contributed by atoms with van der Waals surface area (Å²) in [5, 5.41) is 42.5. The second kappa shape index (κ2) is 18.9. The molecule has 0 aliphatic heterocycles. The van der Waals surface area contributed by atoms with Crippen molar-refractivity contribution in [2.75, 3.05) is 0 Å². The number of fused-ring (bicyclic) bond motifs is 16. The van der Waals surface area contributed by atoms with Gasteiger partial charge in [0, 0.05) is 22.3 Å². The molecule has 0 aromatic heterocycles. The molecule has 4 heteroatoms. The normalized spacial score (nSPS) is 12.9. The zero-order valence-corrected chi connectivity index (χ0v) is 58.3. The van der Waals surface area contributed by atoms with Crippen molar-refractivity contribution >= 4 is 215 Å². The first-order chi connectivity index (χ1) is 44.1. The number of benzene rings is 18. The van der Waals surface area contributed by atoms with E-state index in [1.165, 1.54) is 183 Å². The van der Waals surface area contributed by atoms with Crippen LogP contribution in [0.5, 0.6) is 0 Å². The van der Waals surface area contributed by atoms with Crippen LogP contribution in [0.25, 0.3) is 183 Å². The van der Waals surface area contributed by atoms with E-state index in [1.807, 2.05) is 0 Å². The van der Waals surface area contributed by atoms with E-state index in [-0.39, 0.29) is 0 Å². The highest BCUT2D eigenvalue weighted by atomic mass is 28.3. The van der Waals surface area contributed by atoms with Gasteiger partial charge in [-0.2, -0.15) is 0 Å². The fourth-order valence-electron chi connectivity index (χ4n) is 15.7. The Hall–Kier alpha value is -9.73. The van der Waals surface area contributed by atoms with Crippen molar-refractivity contribution in [1.29, 1.82) is 0 Å². The van der Waals surface area contributed by atoms with Gasteiger partial charge in [0.2, 0.25) is 0 Å². The van der Waals surface area contributed by atoms with Crippen molar-refractivity contribution in [3.8, 4) is 45.9 Å². The maximum absolute atomic E-state index is 4.00. The number of hydrogen-bond donors (Lipinski definition) is 0. The molecule has 0 bridgehead atoms. The van der Waals surface area contributed by atoms with Crippen LogP contribution in [0, 0.1) is 45.9 Å². The third-order valence-electron chi connectivity index (χ3n) is 19.5. The van der Waals surface area contributed by atoms with Gasteiger partial charge in [-0.25, -0.2) is 0 Å². The Balaban J connectivity index is 1.01. The molecule has 434 valence electrons. The van der Waals surface area contributed by atoms with Crippen molar-refractivity contribution in [2.24, 2.45) is 0 Å². The van der Waals surface area contributed by atoms with Crippen molar-refractivity contribution in [2.45, 2.75) is 78.6 Å². The van der Waals surface area contributed by atoms with E-state index in [2.05, 4.69) is 306 Å². The van der Waals surface area contributed by atoms with E-state index in [4.69, 9.17) is 0 Å². The first-order valence-corrected chi connectivity index (χ1v) is 46.7. The maximum atomic E-state index is 4.00. The average Bonchev–Trinajstić information content (AvgIpc) is 0.702. The molecule has 0 heterocycles. The predicted octanol–water partition coefficient (Wildman–Crippen LogP) is 24.5. The Labute approximate surface area is 540 Å². The highest BCUT2D eigenvalue weighted by Gasteiger charge is 2.26. The van der Waals surface area contributed by atoms with E-state index >= 15 is 0 Å². The molecule has 0 unspecified atom stereocenters. The van der Waals surface area contributed by atoms with E-state index in [1.54, 1.807) is 0 Å². The van der Waals surface area contributed by atoms with Gasteiger partial charge in [-0.05, 0) is 232 Å². The zero-order valence-electron chi connectivity index (χ0n) is 54.3. The summed E-state index contributed by atoms with van der Waals surface area (Å²) < 4.78 is 0. The Kier molecular flexibility index (Phi) is 11.4. The van der Waals surface area contributed by atoms with Crippen LogP contribution in [0.4, 0.5) is 0 Å². The molecule has 0 N–H and O–H groups in total. The minimum absolute atomic E-state index is 1.10. The molecular formula is C88H66Si4. The van der Waals surface area contributed by atoms with Gasteiger partial charge >= 0.3 is 0 Å². The lowest BCUT2D eigenvalue weighted by Crippen LogP contribution is -2.16. The van der Waals surface area contributed by atoms with Crippen LogP contribution in [-0.4, -0.2) is 32.3 Å². The topological polar surface area (TPSA) is 0 Å². The molecule has 0 fully saturated rings. The van der Waals surface area contributed by atoms with E-state index in [9.17, 15) is 0 Å². The molecule has 0 amide bonds. The van der Waals surface area contributed by atoms with Crippen LogP contribution in [0.15, 0.2) is 182 Å². The lowest BCUT2D eigenvalue weighted by Gasteiger charge is -2.21. The van der Waals surface area contributed by atoms with Crippen LogP contribution < -0.4 is 0 Å². The first-order valence-electron chi connectivity index (χ1n) is 32.7. The Morgan fingerprint density at radius 1 is 0.174 bits per heavy atom. The second-order valence-electron chi connectivity index (χ2n) is 30.5. The molecule has 0 spiro atoms. The fourth-order valence-corrected chi connectivity index (χ4v) is 17.7. The average molecular weight is 1240 g/mol. The summed E-state index contributed by atoms with van der Waals surface area (Å²) >= 11 is 0. The van der Waals surface area contributed by atoms with Gasteiger partial charge in [-0.1, -0.05) is 236 Å². The van der Waals surface area contributed by atoms with Gasteiger partial charge in [-0.15, -0.1) is 22.2 Å². The summed E-state index contributed by atoms with van der Waals surface area (Å²) in [7, 11) is -7.57. The molecule has 18 aromatic carbocycles. The summed E-state index contributed by atoms with van der Waals surface area (Å²) in [4.78, 5) is 0. The summed E-state index contributed by atoms with van der Waals surface area (Å²) in [5.74, 6) is 16.0. The second-order valence-corrected chi connectivity index (χ2v) is 49.5. The van der Waals surface area contributed by atoms with Gasteiger partial charge in [0.1, 0.15) is 32.3 Å². The highest BCUT2D eigenvalue weighted by Crippen LogP contribution is 2.51. The van der Waals surface area contributed by atoms with E-state index in [0.717, 1.165) is 22.3 Å². The molecule has 18 rings (SSSR count). The lowest BCUT2D eigenvalue weighted by molar-refractivity contribution is 1.75. The summed E-state index contributed by atoms with van der Waals surface area (Å²) in [6.45, 7) is 28.4. The Bertz CT molecular complexity index is 5920.